The van der Waals surface area contributed by atoms with Gasteiger partial charge < -0.3 is 15.5 Å². The lowest BCUT2D eigenvalue weighted by molar-refractivity contribution is 0.0649. The normalized spacial score (nSPS) is 11.4. The van der Waals surface area contributed by atoms with Gasteiger partial charge in [0.2, 0.25) is 0 Å². The van der Waals surface area contributed by atoms with Crippen molar-refractivity contribution < 1.29 is 15.0 Å². The number of aromatic nitrogens is 1. The van der Waals surface area contributed by atoms with E-state index in [1.165, 1.54) is 11.3 Å². The Kier molecular flexibility index (Phi) is 4.19. The van der Waals surface area contributed by atoms with Gasteiger partial charge in [-0.2, -0.15) is 0 Å². The molecule has 0 radical (unpaired) electrons. The standard InChI is InChI=1S/C9H14N2O3S/c1-2-9(4-12,5-13)11-8(14)7-3-15-6-10-7/h3,6,12-13H,2,4-5H2,1H3,(H,11,14). The summed E-state index contributed by atoms with van der Waals surface area (Å²) >= 11 is 1.32. The van der Waals surface area contributed by atoms with E-state index >= 15 is 0 Å². The minimum Gasteiger partial charge on any atom is -0.394 e. The Morgan fingerprint density at radius 2 is 2.27 bits per heavy atom. The molecule has 3 N–H and O–H groups in total. The van der Waals surface area contributed by atoms with E-state index in [-0.39, 0.29) is 19.1 Å². The second-order valence-electron chi connectivity index (χ2n) is 3.28. The van der Waals surface area contributed by atoms with E-state index in [2.05, 4.69) is 10.3 Å². The number of carbonyl (C=O) groups is 1. The molecule has 84 valence electrons. The first-order valence-electron chi connectivity index (χ1n) is 4.60. The van der Waals surface area contributed by atoms with Gasteiger partial charge >= 0.3 is 0 Å². The average molecular weight is 230 g/mol. The minimum absolute atomic E-state index is 0.296. The number of aliphatic hydroxyl groups excluding tert-OH is 2. The molecule has 0 saturated heterocycles. The van der Waals surface area contributed by atoms with E-state index in [1.807, 2.05) is 0 Å². The van der Waals surface area contributed by atoms with Crippen molar-refractivity contribution in [2.24, 2.45) is 0 Å². The third kappa shape index (κ3) is 2.74. The minimum atomic E-state index is -0.958. The van der Waals surface area contributed by atoms with Crippen LogP contribution in [0.4, 0.5) is 0 Å². The predicted molar refractivity (Wildman–Crippen MR) is 56.8 cm³/mol. The zero-order valence-electron chi connectivity index (χ0n) is 8.43. The molecule has 6 heteroatoms. The Morgan fingerprint density at radius 1 is 1.60 bits per heavy atom. The monoisotopic (exact) mass is 230 g/mol. The fourth-order valence-electron chi connectivity index (χ4n) is 1.07. The predicted octanol–water partition coefficient (Wildman–Crippen LogP) is 0.00630. The molecule has 5 nitrogen and oxygen atoms in total. The van der Waals surface area contributed by atoms with Crippen LogP contribution >= 0.6 is 11.3 Å². The van der Waals surface area contributed by atoms with Crippen molar-refractivity contribution in [1.82, 2.24) is 10.3 Å². The topological polar surface area (TPSA) is 82.5 Å². The lowest BCUT2D eigenvalue weighted by atomic mass is 9.98. The lowest BCUT2D eigenvalue weighted by Gasteiger charge is -2.29. The van der Waals surface area contributed by atoms with Crippen LogP contribution in [0.5, 0.6) is 0 Å². The fraction of sp³-hybridized carbons (Fsp3) is 0.556. The highest BCUT2D eigenvalue weighted by molar-refractivity contribution is 7.07. The number of hydrogen-bond acceptors (Lipinski definition) is 5. The smallest absolute Gasteiger partial charge is 0.271 e. The van der Waals surface area contributed by atoms with Crippen molar-refractivity contribution in [3.05, 3.63) is 16.6 Å². The molecular weight excluding hydrogens is 216 g/mol. The van der Waals surface area contributed by atoms with Crippen molar-refractivity contribution in [1.29, 1.82) is 0 Å². The number of nitrogens with one attached hydrogen (secondary N) is 1. The van der Waals surface area contributed by atoms with Gasteiger partial charge in [0.05, 0.1) is 24.3 Å². The summed E-state index contributed by atoms with van der Waals surface area (Å²) < 4.78 is 0. The maximum absolute atomic E-state index is 11.6. The second-order valence-corrected chi connectivity index (χ2v) is 4.00. The molecule has 1 amide bonds. The van der Waals surface area contributed by atoms with E-state index in [4.69, 9.17) is 10.2 Å². The van der Waals surface area contributed by atoms with Crippen molar-refractivity contribution >= 4 is 17.2 Å². The first-order chi connectivity index (χ1) is 7.17. The van der Waals surface area contributed by atoms with Gasteiger partial charge in [-0.25, -0.2) is 4.98 Å². The largest absolute Gasteiger partial charge is 0.394 e. The Bertz CT molecular complexity index is 301. The van der Waals surface area contributed by atoms with Crippen LogP contribution in [0, 0.1) is 0 Å². The summed E-state index contributed by atoms with van der Waals surface area (Å²) in [7, 11) is 0. The molecule has 1 aromatic rings. The summed E-state index contributed by atoms with van der Waals surface area (Å²) in [5.41, 5.74) is 0.904. The molecular formula is C9H14N2O3S. The lowest BCUT2D eigenvalue weighted by Crippen LogP contribution is -2.53. The molecule has 0 aliphatic heterocycles. The summed E-state index contributed by atoms with van der Waals surface area (Å²) in [5.74, 6) is -0.374. The number of aliphatic hydroxyl groups is 2. The molecule has 1 aromatic heterocycles. The summed E-state index contributed by atoms with van der Waals surface area (Å²) in [6.45, 7) is 1.19. The zero-order chi connectivity index (χ0) is 11.3. The van der Waals surface area contributed by atoms with Gasteiger partial charge in [-0.1, -0.05) is 6.92 Å². The van der Waals surface area contributed by atoms with E-state index in [9.17, 15) is 4.79 Å². The van der Waals surface area contributed by atoms with Gasteiger partial charge in [0.25, 0.3) is 5.91 Å². The maximum atomic E-state index is 11.6. The van der Waals surface area contributed by atoms with Gasteiger partial charge in [0.1, 0.15) is 5.69 Å². The molecule has 0 spiro atoms. The van der Waals surface area contributed by atoms with Gasteiger partial charge in [-0.3, -0.25) is 4.79 Å². The van der Waals surface area contributed by atoms with Crippen molar-refractivity contribution in [3.8, 4) is 0 Å². The molecule has 0 saturated carbocycles. The summed E-state index contributed by atoms with van der Waals surface area (Å²) in [6.07, 6.45) is 0.454. The number of nitrogens with zero attached hydrogens (tertiary/aromatic N) is 1. The molecule has 0 aliphatic rings. The van der Waals surface area contributed by atoms with Crippen LogP contribution < -0.4 is 5.32 Å². The summed E-state index contributed by atoms with van der Waals surface area (Å²) in [6, 6.07) is 0. The Balaban J connectivity index is 2.71. The molecule has 15 heavy (non-hydrogen) atoms. The van der Waals surface area contributed by atoms with E-state index in [0.29, 0.717) is 12.1 Å². The van der Waals surface area contributed by atoms with Crippen molar-refractivity contribution in [2.75, 3.05) is 13.2 Å². The number of amides is 1. The first kappa shape index (κ1) is 12.1. The Morgan fingerprint density at radius 3 is 2.67 bits per heavy atom. The Hall–Kier alpha value is -0.980. The third-order valence-corrected chi connectivity index (χ3v) is 2.91. The molecule has 1 heterocycles. The molecule has 0 atom stereocenters. The molecule has 0 aromatic carbocycles. The van der Waals surface area contributed by atoms with E-state index < -0.39 is 5.54 Å². The first-order valence-corrected chi connectivity index (χ1v) is 5.54. The van der Waals surface area contributed by atoms with Gasteiger partial charge in [0.15, 0.2) is 0 Å². The summed E-state index contributed by atoms with van der Waals surface area (Å²) in [5, 5.41) is 22.5. The van der Waals surface area contributed by atoms with E-state index in [0.717, 1.165) is 0 Å². The van der Waals surface area contributed by atoms with Crippen LogP contribution in [0.2, 0.25) is 0 Å². The number of carbonyl (C=O) groups excluding carboxylic acids is 1. The Labute approximate surface area is 91.8 Å². The highest BCUT2D eigenvalue weighted by Gasteiger charge is 2.29. The van der Waals surface area contributed by atoms with Crippen LogP contribution in [0.25, 0.3) is 0 Å². The van der Waals surface area contributed by atoms with Crippen LogP contribution in [-0.2, 0) is 0 Å². The van der Waals surface area contributed by atoms with Crippen LogP contribution in [0.3, 0.4) is 0 Å². The van der Waals surface area contributed by atoms with Gasteiger partial charge in [0, 0.05) is 5.38 Å². The average Bonchev–Trinajstić information content (AvgIpc) is 2.79. The van der Waals surface area contributed by atoms with Gasteiger partial charge in [-0.05, 0) is 6.42 Å². The molecule has 0 bridgehead atoms. The van der Waals surface area contributed by atoms with Crippen molar-refractivity contribution in [3.63, 3.8) is 0 Å². The van der Waals surface area contributed by atoms with Crippen LogP contribution in [0.1, 0.15) is 23.8 Å². The number of thiazole rings is 1. The third-order valence-electron chi connectivity index (χ3n) is 2.33. The van der Waals surface area contributed by atoms with Crippen LogP contribution in [-0.4, -0.2) is 39.9 Å². The molecule has 0 aliphatic carbocycles. The molecule has 1 rings (SSSR count). The second kappa shape index (κ2) is 5.20. The van der Waals surface area contributed by atoms with Crippen molar-refractivity contribution in [2.45, 2.75) is 18.9 Å². The SMILES string of the molecule is CCC(CO)(CO)NC(=O)c1cscn1. The quantitative estimate of drug-likeness (QED) is 0.665. The number of rotatable bonds is 5. The zero-order valence-corrected chi connectivity index (χ0v) is 9.25. The van der Waals surface area contributed by atoms with Crippen LogP contribution in [0.15, 0.2) is 10.9 Å². The van der Waals surface area contributed by atoms with E-state index in [1.54, 1.807) is 17.8 Å². The number of hydrogen-bond donors (Lipinski definition) is 3. The maximum Gasteiger partial charge on any atom is 0.271 e. The molecule has 0 unspecified atom stereocenters. The highest BCUT2D eigenvalue weighted by atomic mass is 32.1. The highest BCUT2D eigenvalue weighted by Crippen LogP contribution is 2.10. The van der Waals surface area contributed by atoms with Gasteiger partial charge in [-0.15, -0.1) is 11.3 Å². The summed E-state index contributed by atoms with van der Waals surface area (Å²) in [4.78, 5) is 15.5. The molecule has 0 fully saturated rings. The fourth-order valence-corrected chi connectivity index (χ4v) is 1.60.